The molecule has 0 amide bonds. The largest absolute Gasteiger partial charge is 0.416 e. The van der Waals surface area contributed by atoms with E-state index in [1.165, 1.54) is 0 Å². The maximum Gasteiger partial charge on any atom is 0.416 e. The first-order chi connectivity index (χ1) is 7.65. The van der Waals surface area contributed by atoms with Crippen molar-refractivity contribution in [3.63, 3.8) is 0 Å². The van der Waals surface area contributed by atoms with E-state index < -0.39 is 42.0 Å². The smallest absolute Gasteiger partial charge is 0.325 e. The summed E-state index contributed by atoms with van der Waals surface area (Å²) in [5, 5.41) is 0. The summed E-state index contributed by atoms with van der Waals surface area (Å²) in [6.45, 7) is -1.07. The number of halogens is 6. The predicted molar refractivity (Wildman–Crippen MR) is 49.1 cm³/mol. The van der Waals surface area contributed by atoms with Gasteiger partial charge in [0, 0.05) is 6.42 Å². The van der Waals surface area contributed by atoms with Gasteiger partial charge in [0.2, 0.25) is 0 Å². The van der Waals surface area contributed by atoms with E-state index in [2.05, 4.69) is 0 Å². The van der Waals surface area contributed by atoms with E-state index in [0.717, 1.165) is 0 Å². The second kappa shape index (κ2) is 4.56. The van der Waals surface area contributed by atoms with Crippen molar-refractivity contribution >= 4 is 0 Å². The molecule has 0 spiro atoms. The molecule has 96 valence electrons. The van der Waals surface area contributed by atoms with Gasteiger partial charge >= 0.3 is 6.18 Å². The number of nitrogens with two attached hydrogens (primary N) is 1. The van der Waals surface area contributed by atoms with Crippen molar-refractivity contribution in [2.45, 2.75) is 18.5 Å². The van der Waals surface area contributed by atoms with Gasteiger partial charge < -0.3 is 5.73 Å². The Morgan fingerprint density at radius 1 is 1.06 bits per heavy atom. The quantitative estimate of drug-likeness (QED) is 0.828. The molecule has 0 aliphatic heterocycles. The number of benzene rings is 1. The number of alkyl halides is 5. The second-order valence-electron chi connectivity index (χ2n) is 3.54. The molecule has 2 N–H and O–H groups in total. The summed E-state index contributed by atoms with van der Waals surface area (Å²) in [5.74, 6) is -4.57. The summed E-state index contributed by atoms with van der Waals surface area (Å²) < 4.78 is 75.9. The molecule has 0 aromatic heterocycles. The van der Waals surface area contributed by atoms with Gasteiger partial charge in [-0.15, -0.1) is 0 Å². The lowest BCUT2D eigenvalue weighted by molar-refractivity contribution is -0.138. The first kappa shape index (κ1) is 13.8. The molecule has 0 atom stereocenters. The van der Waals surface area contributed by atoms with E-state index in [4.69, 9.17) is 5.73 Å². The third-order valence-electron chi connectivity index (χ3n) is 2.13. The van der Waals surface area contributed by atoms with Crippen LogP contribution in [0.4, 0.5) is 26.3 Å². The molecule has 0 fully saturated rings. The first-order valence-electron chi connectivity index (χ1n) is 4.59. The molecule has 1 nitrogen and oxygen atoms in total. The van der Waals surface area contributed by atoms with E-state index in [1.807, 2.05) is 0 Å². The van der Waals surface area contributed by atoms with Gasteiger partial charge in [0.05, 0.1) is 12.1 Å². The van der Waals surface area contributed by atoms with Crippen LogP contribution in [0.3, 0.4) is 0 Å². The molecule has 0 radical (unpaired) electrons. The summed E-state index contributed by atoms with van der Waals surface area (Å²) in [6, 6.07) is 1.60. The van der Waals surface area contributed by atoms with E-state index in [-0.39, 0.29) is 6.07 Å². The Morgan fingerprint density at radius 2 is 1.65 bits per heavy atom. The summed E-state index contributed by atoms with van der Waals surface area (Å²) in [7, 11) is 0. The van der Waals surface area contributed by atoms with Crippen LogP contribution < -0.4 is 5.73 Å². The van der Waals surface area contributed by atoms with Gasteiger partial charge in [-0.3, -0.25) is 0 Å². The van der Waals surface area contributed by atoms with Crippen LogP contribution in [0.5, 0.6) is 0 Å². The predicted octanol–water partition coefficient (Wildman–Crippen LogP) is 2.98. The fraction of sp³-hybridized carbons (Fsp3) is 0.400. The van der Waals surface area contributed by atoms with Crippen molar-refractivity contribution in [2.24, 2.45) is 5.73 Å². The molecule has 0 saturated heterocycles. The molecule has 1 aromatic rings. The molecule has 1 rings (SSSR count). The molecule has 0 aliphatic carbocycles. The molecule has 17 heavy (non-hydrogen) atoms. The summed E-state index contributed by atoms with van der Waals surface area (Å²) in [4.78, 5) is 0. The van der Waals surface area contributed by atoms with E-state index >= 15 is 0 Å². The van der Waals surface area contributed by atoms with Crippen LogP contribution in [0.1, 0.15) is 11.1 Å². The zero-order chi connectivity index (χ0) is 13.3. The van der Waals surface area contributed by atoms with Crippen LogP contribution in [0.2, 0.25) is 0 Å². The zero-order valence-corrected chi connectivity index (χ0v) is 8.49. The fourth-order valence-corrected chi connectivity index (χ4v) is 1.32. The van der Waals surface area contributed by atoms with E-state index in [0.29, 0.717) is 12.1 Å². The highest BCUT2D eigenvalue weighted by molar-refractivity contribution is 5.31. The second-order valence-corrected chi connectivity index (χ2v) is 3.54. The molecular weight excluding hydrogens is 248 g/mol. The minimum Gasteiger partial charge on any atom is -0.325 e. The summed E-state index contributed by atoms with van der Waals surface area (Å²) in [5.41, 5.74) is 2.67. The Bertz CT molecular complexity index is 398. The number of hydrogen-bond donors (Lipinski definition) is 1. The van der Waals surface area contributed by atoms with Crippen molar-refractivity contribution in [2.75, 3.05) is 6.54 Å². The van der Waals surface area contributed by atoms with Crippen LogP contribution in [0.25, 0.3) is 0 Å². The third-order valence-corrected chi connectivity index (χ3v) is 2.13. The minimum absolute atomic E-state index is 0.196. The highest BCUT2D eigenvalue weighted by Crippen LogP contribution is 2.34. The molecule has 7 heteroatoms. The van der Waals surface area contributed by atoms with Gasteiger partial charge in [0.25, 0.3) is 5.92 Å². The van der Waals surface area contributed by atoms with Crippen molar-refractivity contribution in [1.82, 2.24) is 0 Å². The van der Waals surface area contributed by atoms with Gasteiger partial charge in [0.15, 0.2) is 0 Å². The maximum absolute atomic E-state index is 12.9. The molecular formula is C10H9F6N. The minimum atomic E-state index is -4.87. The summed E-state index contributed by atoms with van der Waals surface area (Å²) >= 11 is 0. The Balaban J connectivity index is 3.16. The van der Waals surface area contributed by atoms with Gasteiger partial charge in [-0.2, -0.15) is 13.2 Å². The monoisotopic (exact) mass is 257 g/mol. The highest BCUT2D eigenvalue weighted by atomic mass is 19.4. The third kappa shape index (κ3) is 3.62. The Kier molecular flexibility index (Phi) is 3.71. The first-order valence-corrected chi connectivity index (χ1v) is 4.59. The topological polar surface area (TPSA) is 26.0 Å². The average molecular weight is 257 g/mol. The normalized spacial score (nSPS) is 12.9. The van der Waals surface area contributed by atoms with Crippen molar-refractivity contribution in [1.29, 1.82) is 0 Å². The SMILES string of the molecule is NCC(F)(F)Cc1ccc(F)cc1C(F)(F)F. The van der Waals surface area contributed by atoms with E-state index in [1.54, 1.807) is 0 Å². The molecule has 0 heterocycles. The number of hydrogen-bond acceptors (Lipinski definition) is 1. The van der Waals surface area contributed by atoms with Crippen LogP contribution in [-0.2, 0) is 12.6 Å². The van der Waals surface area contributed by atoms with Crippen molar-refractivity contribution < 1.29 is 26.3 Å². The lowest BCUT2D eigenvalue weighted by atomic mass is 10.0. The molecule has 0 unspecified atom stereocenters. The molecule has 0 bridgehead atoms. The van der Waals surface area contributed by atoms with Gasteiger partial charge in [-0.25, -0.2) is 13.2 Å². The Hall–Kier alpha value is -1.24. The lowest BCUT2D eigenvalue weighted by Gasteiger charge is -2.18. The van der Waals surface area contributed by atoms with Crippen molar-refractivity contribution in [3.05, 3.63) is 35.1 Å². The average Bonchev–Trinajstić information content (AvgIpc) is 2.19. The number of rotatable bonds is 3. The maximum atomic E-state index is 12.9. The molecule has 0 saturated carbocycles. The van der Waals surface area contributed by atoms with Gasteiger partial charge in [0.1, 0.15) is 5.82 Å². The standard InChI is InChI=1S/C10H9F6N/c11-7-2-1-6(4-9(12,13)5-17)8(3-7)10(14,15)16/h1-3H,4-5,17H2. The van der Waals surface area contributed by atoms with Crippen LogP contribution >= 0.6 is 0 Å². The molecule has 0 aliphatic rings. The lowest BCUT2D eigenvalue weighted by Crippen LogP contribution is -2.31. The highest BCUT2D eigenvalue weighted by Gasteiger charge is 2.37. The Labute approximate surface area is 93.2 Å². The zero-order valence-electron chi connectivity index (χ0n) is 8.49. The van der Waals surface area contributed by atoms with Crippen LogP contribution in [0, 0.1) is 5.82 Å². The Morgan fingerprint density at radius 3 is 2.12 bits per heavy atom. The van der Waals surface area contributed by atoms with Crippen LogP contribution in [0.15, 0.2) is 18.2 Å². The summed E-state index contributed by atoms with van der Waals surface area (Å²) in [6.07, 6.45) is -6.04. The van der Waals surface area contributed by atoms with Gasteiger partial charge in [-0.1, -0.05) is 6.07 Å². The fourth-order valence-electron chi connectivity index (χ4n) is 1.32. The van der Waals surface area contributed by atoms with Gasteiger partial charge in [-0.05, 0) is 17.7 Å². The molecule has 1 aromatic carbocycles. The van der Waals surface area contributed by atoms with E-state index in [9.17, 15) is 26.3 Å². The van der Waals surface area contributed by atoms with Crippen molar-refractivity contribution in [3.8, 4) is 0 Å². The van der Waals surface area contributed by atoms with Crippen LogP contribution in [-0.4, -0.2) is 12.5 Å².